The minimum atomic E-state index is -0.149. The summed E-state index contributed by atoms with van der Waals surface area (Å²) >= 11 is 0. The number of carbonyl (C=O) groups is 2. The third-order valence-corrected chi connectivity index (χ3v) is 2.92. The van der Waals surface area contributed by atoms with Gasteiger partial charge < -0.3 is 29.6 Å². The topological polar surface area (TPSA) is 95.1 Å². The average Bonchev–Trinajstić information content (AvgIpc) is 2.58. The van der Waals surface area contributed by atoms with E-state index < -0.39 is 0 Å². The minimum absolute atomic E-state index is 0.120. The van der Waals surface area contributed by atoms with Gasteiger partial charge in [0.15, 0.2) is 0 Å². The van der Waals surface area contributed by atoms with Crippen LogP contribution in [0.4, 0.5) is 0 Å². The first kappa shape index (κ1) is 22.3. The summed E-state index contributed by atoms with van der Waals surface area (Å²) < 4.78 is 20.6. The van der Waals surface area contributed by atoms with E-state index in [1.165, 1.54) is 0 Å². The molecule has 0 aliphatic heterocycles. The number of nitrogens with one attached hydrogen (secondary N) is 2. The lowest BCUT2D eigenvalue weighted by molar-refractivity contribution is -0.123. The van der Waals surface area contributed by atoms with Crippen LogP contribution in [0.25, 0.3) is 0 Å². The van der Waals surface area contributed by atoms with E-state index in [0.29, 0.717) is 32.8 Å². The zero-order chi connectivity index (χ0) is 18.0. The van der Waals surface area contributed by atoms with Crippen molar-refractivity contribution >= 4 is 11.8 Å². The van der Waals surface area contributed by atoms with Crippen molar-refractivity contribution in [2.24, 2.45) is 0 Å². The Morgan fingerprint density at radius 3 is 2.42 bits per heavy atom. The molecule has 1 atom stereocenters. The van der Waals surface area contributed by atoms with Gasteiger partial charge in [-0.25, -0.2) is 0 Å². The van der Waals surface area contributed by atoms with Gasteiger partial charge in [0.05, 0.1) is 26.4 Å². The third-order valence-electron chi connectivity index (χ3n) is 2.92. The number of hydrogen-bond donors (Lipinski definition) is 2. The van der Waals surface area contributed by atoms with Gasteiger partial charge in [0.2, 0.25) is 11.8 Å². The van der Waals surface area contributed by atoms with Crippen molar-refractivity contribution in [2.75, 3.05) is 53.9 Å². The number of ether oxygens (including phenoxy) is 4. The molecule has 0 spiro atoms. The molecule has 0 rings (SSSR count). The van der Waals surface area contributed by atoms with E-state index in [4.69, 9.17) is 25.4 Å². The molecular formula is C16H28N2O6. The highest BCUT2D eigenvalue weighted by Gasteiger charge is 2.06. The SMILES string of the molecule is C#CCNC(=O)CCCC(=O)NCCOCOCC(COC)OC. The van der Waals surface area contributed by atoms with Gasteiger partial charge >= 0.3 is 0 Å². The molecule has 24 heavy (non-hydrogen) atoms. The van der Waals surface area contributed by atoms with E-state index in [-0.39, 0.29) is 44.1 Å². The smallest absolute Gasteiger partial charge is 0.220 e. The van der Waals surface area contributed by atoms with E-state index in [1.807, 2.05) is 0 Å². The molecular weight excluding hydrogens is 316 g/mol. The zero-order valence-corrected chi connectivity index (χ0v) is 14.5. The molecule has 1 unspecified atom stereocenters. The normalized spacial score (nSPS) is 11.5. The molecule has 0 aromatic carbocycles. The van der Waals surface area contributed by atoms with Crippen molar-refractivity contribution in [2.45, 2.75) is 25.4 Å². The number of methoxy groups -OCH3 is 2. The molecule has 0 aromatic heterocycles. The molecule has 0 saturated carbocycles. The Balaban J connectivity index is 3.43. The van der Waals surface area contributed by atoms with Crippen LogP contribution >= 0.6 is 0 Å². The maximum atomic E-state index is 11.5. The van der Waals surface area contributed by atoms with Gasteiger partial charge in [-0.3, -0.25) is 9.59 Å². The first-order valence-electron chi connectivity index (χ1n) is 7.78. The summed E-state index contributed by atoms with van der Waals surface area (Å²) in [5.74, 6) is 2.04. The molecule has 0 radical (unpaired) electrons. The maximum absolute atomic E-state index is 11.5. The summed E-state index contributed by atoms with van der Waals surface area (Å²) in [6.07, 6.45) is 5.94. The number of hydrogen-bond acceptors (Lipinski definition) is 6. The Bertz CT molecular complexity index is 383. The monoisotopic (exact) mass is 344 g/mol. The first-order chi connectivity index (χ1) is 11.6. The fraction of sp³-hybridized carbons (Fsp3) is 0.750. The molecule has 8 nitrogen and oxygen atoms in total. The first-order valence-corrected chi connectivity index (χ1v) is 7.78. The van der Waals surface area contributed by atoms with E-state index >= 15 is 0 Å². The quantitative estimate of drug-likeness (QED) is 0.240. The van der Waals surface area contributed by atoms with Gasteiger partial charge in [-0.2, -0.15) is 0 Å². The number of carbonyl (C=O) groups excluding carboxylic acids is 2. The van der Waals surface area contributed by atoms with Crippen LogP contribution in [0.2, 0.25) is 0 Å². The van der Waals surface area contributed by atoms with Crippen LogP contribution in [0.15, 0.2) is 0 Å². The molecule has 138 valence electrons. The lowest BCUT2D eigenvalue weighted by Gasteiger charge is -2.14. The van der Waals surface area contributed by atoms with Crippen LogP contribution < -0.4 is 10.6 Å². The highest BCUT2D eigenvalue weighted by molar-refractivity contribution is 5.78. The predicted octanol–water partition coefficient (Wildman–Crippen LogP) is -0.326. The number of amides is 2. The second kappa shape index (κ2) is 16.2. The largest absolute Gasteiger partial charge is 0.382 e. The highest BCUT2D eigenvalue weighted by Crippen LogP contribution is 1.95. The van der Waals surface area contributed by atoms with Crippen LogP contribution in [0, 0.1) is 12.3 Å². The maximum Gasteiger partial charge on any atom is 0.220 e. The van der Waals surface area contributed by atoms with E-state index in [0.717, 1.165) is 0 Å². The van der Waals surface area contributed by atoms with Crippen LogP contribution in [0.5, 0.6) is 0 Å². The lowest BCUT2D eigenvalue weighted by atomic mass is 10.2. The molecule has 8 heteroatoms. The van der Waals surface area contributed by atoms with Gasteiger partial charge in [0, 0.05) is 33.6 Å². The molecule has 0 aliphatic rings. The molecule has 0 fully saturated rings. The molecule has 0 aromatic rings. The molecule has 0 saturated heterocycles. The molecule has 0 heterocycles. The van der Waals surface area contributed by atoms with Gasteiger partial charge in [-0.05, 0) is 6.42 Å². The summed E-state index contributed by atoms with van der Waals surface area (Å²) in [4.78, 5) is 22.8. The van der Waals surface area contributed by atoms with E-state index in [9.17, 15) is 9.59 Å². The van der Waals surface area contributed by atoms with Crippen molar-refractivity contribution in [3.8, 4) is 12.3 Å². The summed E-state index contributed by atoms with van der Waals surface area (Å²) in [7, 11) is 3.18. The van der Waals surface area contributed by atoms with Crippen molar-refractivity contribution in [3.05, 3.63) is 0 Å². The summed E-state index contributed by atoms with van der Waals surface area (Å²) in [5.41, 5.74) is 0. The van der Waals surface area contributed by atoms with Crippen molar-refractivity contribution in [1.29, 1.82) is 0 Å². The van der Waals surface area contributed by atoms with Crippen molar-refractivity contribution < 1.29 is 28.5 Å². The van der Waals surface area contributed by atoms with E-state index in [2.05, 4.69) is 16.6 Å². The average molecular weight is 344 g/mol. The zero-order valence-electron chi connectivity index (χ0n) is 14.5. The van der Waals surface area contributed by atoms with Crippen LogP contribution in [-0.2, 0) is 28.5 Å². The minimum Gasteiger partial charge on any atom is -0.382 e. The standard InChI is InChI=1S/C16H28N2O6/c1-4-8-17-15(19)6-5-7-16(20)18-9-10-23-13-24-12-14(22-3)11-21-2/h1,14H,5-13H2,2-3H3,(H,17,19)(H,18,20). The molecule has 0 aliphatic carbocycles. The van der Waals surface area contributed by atoms with E-state index in [1.54, 1.807) is 14.2 Å². The summed E-state index contributed by atoms with van der Waals surface area (Å²) in [6.45, 7) is 1.88. The third kappa shape index (κ3) is 14.0. The van der Waals surface area contributed by atoms with Crippen molar-refractivity contribution in [3.63, 3.8) is 0 Å². The molecule has 2 N–H and O–H groups in total. The lowest BCUT2D eigenvalue weighted by Crippen LogP contribution is -2.28. The fourth-order valence-corrected chi connectivity index (χ4v) is 1.67. The van der Waals surface area contributed by atoms with Crippen LogP contribution in [0.3, 0.4) is 0 Å². The number of rotatable bonds is 15. The second-order valence-electron chi connectivity index (χ2n) is 4.89. The highest BCUT2D eigenvalue weighted by atomic mass is 16.7. The summed E-state index contributed by atoms with van der Waals surface area (Å²) in [6, 6.07) is 0. The van der Waals surface area contributed by atoms with Gasteiger partial charge in [-0.15, -0.1) is 6.42 Å². The summed E-state index contributed by atoms with van der Waals surface area (Å²) in [5, 5.41) is 5.24. The van der Waals surface area contributed by atoms with Crippen LogP contribution in [-0.4, -0.2) is 71.8 Å². The van der Waals surface area contributed by atoms with Crippen molar-refractivity contribution in [1.82, 2.24) is 10.6 Å². The second-order valence-corrected chi connectivity index (χ2v) is 4.89. The Kier molecular flexibility index (Phi) is 15.1. The van der Waals surface area contributed by atoms with Gasteiger partial charge in [-0.1, -0.05) is 5.92 Å². The van der Waals surface area contributed by atoms with Gasteiger partial charge in [0.25, 0.3) is 0 Å². The predicted molar refractivity (Wildman–Crippen MR) is 88.1 cm³/mol. The van der Waals surface area contributed by atoms with Gasteiger partial charge in [0.1, 0.15) is 12.9 Å². The Hall–Kier alpha value is -1.66. The molecule has 2 amide bonds. The Morgan fingerprint density at radius 2 is 1.79 bits per heavy atom. The number of terminal acetylenes is 1. The Labute approximate surface area is 143 Å². The van der Waals surface area contributed by atoms with Crippen LogP contribution in [0.1, 0.15) is 19.3 Å². The Morgan fingerprint density at radius 1 is 1.08 bits per heavy atom. The fourth-order valence-electron chi connectivity index (χ4n) is 1.67. The molecule has 0 bridgehead atoms.